The van der Waals surface area contributed by atoms with E-state index in [0.29, 0.717) is 24.2 Å². The number of anilines is 1. The van der Waals surface area contributed by atoms with Gasteiger partial charge in [0.2, 0.25) is 0 Å². The van der Waals surface area contributed by atoms with Crippen LogP contribution in [0.5, 0.6) is 0 Å². The summed E-state index contributed by atoms with van der Waals surface area (Å²) in [5, 5.41) is 5.87. The van der Waals surface area contributed by atoms with Gasteiger partial charge in [0.15, 0.2) is 0 Å². The molecule has 2 aromatic rings. The lowest BCUT2D eigenvalue weighted by Gasteiger charge is -2.08. The van der Waals surface area contributed by atoms with Crippen molar-refractivity contribution in [2.45, 2.75) is 13.5 Å². The van der Waals surface area contributed by atoms with Crippen LogP contribution in [0.15, 0.2) is 48.5 Å². The normalized spacial score (nSPS) is 10.1. The van der Waals surface area contributed by atoms with Gasteiger partial charge < -0.3 is 10.6 Å². The van der Waals surface area contributed by atoms with Crippen molar-refractivity contribution in [3.8, 4) is 0 Å². The number of benzene rings is 2. The summed E-state index contributed by atoms with van der Waals surface area (Å²) in [5.74, 6) is -0.313. The summed E-state index contributed by atoms with van der Waals surface area (Å²) in [4.78, 5) is 11.6. The zero-order chi connectivity index (χ0) is 14.4. The Morgan fingerprint density at radius 1 is 1.10 bits per heavy atom. The molecule has 0 aliphatic heterocycles. The SMILES string of the molecule is CCNC(=O)c1ccc(NCc2ccccc2F)cc1. The molecular formula is C16H17FN2O. The van der Waals surface area contributed by atoms with Crippen LogP contribution in [0.2, 0.25) is 0 Å². The van der Waals surface area contributed by atoms with E-state index in [9.17, 15) is 9.18 Å². The Kier molecular flexibility index (Phi) is 4.71. The maximum Gasteiger partial charge on any atom is 0.251 e. The highest BCUT2D eigenvalue weighted by molar-refractivity contribution is 5.94. The van der Waals surface area contributed by atoms with Crippen molar-refractivity contribution in [3.05, 3.63) is 65.5 Å². The minimum absolute atomic E-state index is 0.0897. The Labute approximate surface area is 117 Å². The molecule has 0 spiro atoms. The molecule has 0 aliphatic carbocycles. The van der Waals surface area contributed by atoms with Gasteiger partial charge in [-0.3, -0.25) is 4.79 Å². The summed E-state index contributed by atoms with van der Waals surface area (Å²) in [7, 11) is 0. The Balaban J connectivity index is 1.98. The van der Waals surface area contributed by atoms with Crippen LogP contribution in [-0.4, -0.2) is 12.5 Å². The average Bonchev–Trinajstić information content (AvgIpc) is 2.47. The van der Waals surface area contributed by atoms with Gasteiger partial charge in [-0.2, -0.15) is 0 Å². The molecule has 104 valence electrons. The lowest BCUT2D eigenvalue weighted by Crippen LogP contribution is -2.22. The van der Waals surface area contributed by atoms with Gasteiger partial charge in [-0.15, -0.1) is 0 Å². The third-order valence-corrected chi connectivity index (χ3v) is 2.93. The molecule has 0 radical (unpaired) electrons. The van der Waals surface area contributed by atoms with Crippen LogP contribution in [0.25, 0.3) is 0 Å². The molecule has 0 bridgehead atoms. The van der Waals surface area contributed by atoms with E-state index in [-0.39, 0.29) is 11.7 Å². The van der Waals surface area contributed by atoms with Crippen LogP contribution < -0.4 is 10.6 Å². The highest BCUT2D eigenvalue weighted by Crippen LogP contribution is 2.13. The van der Waals surface area contributed by atoms with E-state index in [0.717, 1.165) is 5.69 Å². The van der Waals surface area contributed by atoms with Gasteiger partial charge in [0.05, 0.1) is 0 Å². The lowest BCUT2D eigenvalue weighted by atomic mass is 10.1. The summed E-state index contributed by atoms with van der Waals surface area (Å²) >= 11 is 0. The fraction of sp³-hybridized carbons (Fsp3) is 0.188. The molecule has 0 atom stereocenters. The number of hydrogen-bond donors (Lipinski definition) is 2. The van der Waals surface area contributed by atoms with Crippen LogP contribution in [0.3, 0.4) is 0 Å². The first kappa shape index (κ1) is 14.1. The van der Waals surface area contributed by atoms with Crippen LogP contribution in [0.4, 0.5) is 10.1 Å². The first-order valence-corrected chi connectivity index (χ1v) is 6.56. The van der Waals surface area contributed by atoms with E-state index in [1.54, 1.807) is 30.3 Å². The second-order valence-electron chi connectivity index (χ2n) is 4.38. The molecule has 2 N–H and O–H groups in total. The predicted octanol–water partition coefficient (Wildman–Crippen LogP) is 3.19. The van der Waals surface area contributed by atoms with Crippen molar-refractivity contribution < 1.29 is 9.18 Å². The summed E-state index contributed by atoms with van der Waals surface area (Å²) in [5.41, 5.74) is 2.07. The first-order valence-electron chi connectivity index (χ1n) is 6.56. The Hall–Kier alpha value is -2.36. The topological polar surface area (TPSA) is 41.1 Å². The van der Waals surface area contributed by atoms with E-state index < -0.39 is 0 Å². The molecule has 0 saturated carbocycles. The minimum atomic E-state index is -0.223. The molecule has 0 heterocycles. The lowest BCUT2D eigenvalue weighted by molar-refractivity contribution is 0.0956. The monoisotopic (exact) mass is 272 g/mol. The Morgan fingerprint density at radius 2 is 1.80 bits per heavy atom. The summed E-state index contributed by atoms with van der Waals surface area (Å²) in [6.45, 7) is 2.89. The van der Waals surface area contributed by atoms with E-state index in [1.165, 1.54) is 6.07 Å². The molecule has 3 nitrogen and oxygen atoms in total. The van der Waals surface area contributed by atoms with Crippen molar-refractivity contribution >= 4 is 11.6 Å². The fourth-order valence-electron chi connectivity index (χ4n) is 1.84. The zero-order valence-electron chi connectivity index (χ0n) is 11.3. The van der Waals surface area contributed by atoms with Crippen molar-refractivity contribution in [1.82, 2.24) is 5.32 Å². The smallest absolute Gasteiger partial charge is 0.251 e. The molecular weight excluding hydrogens is 255 g/mol. The van der Waals surface area contributed by atoms with Crippen LogP contribution >= 0.6 is 0 Å². The maximum absolute atomic E-state index is 13.5. The summed E-state index contributed by atoms with van der Waals surface area (Å²) in [6.07, 6.45) is 0. The first-order chi connectivity index (χ1) is 9.70. The van der Waals surface area contributed by atoms with E-state index >= 15 is 0 Å². The van der Waals surface area contributed by atoms with Gasteiger partial charge >= 0.3 is 0 Å². The molecule has 20 heavy (non-hydrogen) atoms. The Morgan fingerprint density at radius 3 is 2.45 bits per heavy atom. The molecule has 0 aromatic heterocycles. The maximum atomic E-state index is 13.5. The molecule has 0 fully saturated rings. The highest BCUT2D eigenvalue weighted by atomic mass is 19.1. The fourth-order valence-corrected chi connectivity index (χ4v) is 1.84. The van der Waals surface area contributed by atoms with Crippen LogP contribution in [-0.2, 0) is 6.54 Å². The third kappa shape index (κ3) is 3.57. The third-order valence-electron chi connectivity index (χ3n) is 2.93. The molecule has 2 aromatic carbocycles. The Bertz CT molecular complexity index is 581. The molecule has 0 saturated heterocycles. The highest BCUT2D eigenvalue weighted by Gasteiger charge is 2.04. The average molecular weight is 272 g/mol. The molecule has 2 rings (SSSR count). The van der Waals surface area contributed by atoms with E-state index in [4.69, 9.17) is 0 Å². The van der Waals surface area contributed by atoms with Gasteiger partial charge in [0, 0.05) is 29.9 Å². The predicted molar refractivity (Wildman–Crippen MR) is 78.2 cm³/mol. The number of rotatable bonds is 5. The van der Waals surface area contributed by atoms with Gasteiger partial charge in [0.1, 0.15) is 5.82 Å². The van der Waals surface area contributed by atoms with Crippen molar-refractivity contribution in [1.29, 1.82) is 0 Å². The second kappa shape index (κ2) is 6.70. The summed E-state index contributed by atoms with van der Waals surface area (Å²) in [6, 6.07) is 13.8. The standard InChI is InChI=1S/C16H17FN2O/c1-2-18-16(20)12-7-9-14(10-8-12)19-11-13-5-3-4-6-15(13)17/h3-10,19H,2,11H2,1H3,(H,18,20). The number of carbonyl (C=O) groups excluding carboxylic acids is 1. The van der Waals surface area contributed by atoms with Gasteiger partial charge in [-0.05, 0) is 37.3 Å². The van der Waals surface area contributed by atoms with E-state index in [2.05, 4.69) is 10.6 Å². The molecule has 0 aliphatic rings. The van der Waals surface area contributed by atoms with E-state index in [1.807, 2.05) is 19.1 Å². The van der Waals surface area contributed by atoms with Gasteiger partial charge in [-0.1, -0.05) is 18.2 Å². The van der Waals surface area contributed by atoms with Crippen molar-refractivity contribution in [2.24, 2.45) is 0 Å². The van der Waals surface area contributed by atoms with Crippen molar-refractivity contribution in [3.63, 3.8) is 0 Å². The van der Waals surface area contributed by atoms with Crippen LogP contribution in [0, 0.1) is 5.82 Å². The number of amides is 1. The number of halogens is 1. The summed E-state index contributed by atoms with van der Waals surface area (Å²) < 4.78 is 13.5. The van der Waals surface area contributed by atoms with Gasteiger partial charge in [-0.25, -0.2) is 4.39 Å². The zero-order valence-corrected chi connectivity index (χ0v) is 11.3. The minimum Gasteiger partial charge on any atom is -0.381 e. The van der Waals surface area contributed by atoms with Gasteiger partial charge in [0.25, 0.3) is 5.91 Å². The molecule has 4 heteroatoms. The largest absolute Gasteiger partial charge is 0.381 e. The van der Waals surface area contributed by atoms with Crippen molar-refractivity contribution in [2.75, 3.05) is 11.9 Å². The second-order valence-corrected chi connectivity index (χ2v) is 4.38. The quantitative estimate of drug-likeness (QED) is 0.877. The number of hydrogen-bond acceptors (Lipinski definition) is 2. The van der Waals surface area contributed by atoms with Crippen LogP contribution in [0.1, 0.15) is 22.8 Å². The molecule has 1 amide bonds. The number of carbonyl (C=O) groups is 1. The number of nitrogens with one attached hydrogen (secondary N) is 2. The molecule has 0 unspecified atom stereocenters.